The average molecular weight is 166 g/mol. The SMILES string of the molecule is CSCCC[SiH2]O[SiH3]. The van der Waals surface area contributed by atoms with Gasteiger partial charge in [0.1, 0.15) is 20.2 Å². The minimum atomic E-state index is -0.0502. The van der Waals surface area contributed by atoms with Crippen LogP contribution >= 0.6 is 11.8 Å². The quantitative estimate of drug-likeness (QED) is 0.404. The van der Waals surface area contributed by atoms with E-state index < -0.39 is 0 Å². The van der Waals surface area contributed by atoms with Gasteiger partial charge in [0.15, 0.2) is 0 Å². The second-order valence-electron chi connectivity index (χ2n) is 1.69. The summed E-state index contributed by atoms with van der Waals surface area (Å²) in [7, 11) is 0.912. The molecule has 0 fully saturated rings. The molecule has 0 aliphatic carbocycles. The highest BCUT2D eigenvalue weighted by molar-refractivity contribution is 7.98. The molecule has 0 aromatic rings. The minimum Gasteiger partial charge on any atom is -0.468 e. The van der Waals surface area contributed by atoms with Crippen LogP contribution in [0.5, 0.6) is 0 Å². The number of hydrogen-bond acceptors (Lipinski definition) is 2. The molecule has 0 atom stereocenters. The fourth-order valence-corrected chi connectivity index (χ4v) is 2.96. The topological polar surface area (TPSA) is 9.23 Å². The largest absolute Gasteiger partial charge is 0.468 e. The van der Waals surface area contributed by atoms with Crippen LogP contribution in [0.25, 0.3) is 0 Å². The van der Waals surface area contributed by atoms with Gasteiger partial charge in [0.2, 0.25) is 0 Å². The van der Waals surface area contributed by atoms with E-state index in [0.29, 0.717) is 0 Å². The molecule has 0 aromatic heterocycles. The predicted molar refractivity (Wildman–Crippen MR) is 47.4 cm³/mol. The van der Waals surface area contributed by atoms with E-state index in [1.54, 1.807) is 0 Å². The summed E-state index contributed by atoms with van der Waals surface area (Å²) in [6.45, 7) is 0. The summed E-state index contributed by atoms with van der Waals surface area (Å²) in [4.78, 5) is 0. The summed E-state index contributed by atoms with van der Waals surface area (Å²) in [5, 5.41) is 0. The molecule has 0 N–H and O–H groups in total. The molecule has 0 saturated heterocycles. The zero-order valence-electron chi connectivity index (χ0n) is 5.64. The standard InChI is InChI=1S/C4H14OSSi2/c1-6-3-2-4-8-5-7/h2-4,8H2,1,7H3. The van der Waals surface area contributed by atoms with Crippen molar-refractivity contribution >= 4 is 32.0 Å². The summed E-state index contributed by atoms with van der Waals surface area (Å²) < 4.78 is 5.16. The highest BCUT2D eigenvalue weighted by Crippen LogP contribution is 1.98. The molecule has 0 aliphatic heterocycles. The van der Waals surface area contributed by atoms with Gasteiger partial charge in [-0.1, -0.05) is 0 Å². The predicted octanol–water partition coefficient (Wildman–Crippen LogP) is -0.461. The molecule has 0 heterocycles. The first-order valence-electron chi connectivity index (χ1n) is 2.89. The third kappa shape index (κ3) is 6.74. The maximum atomic E-state index is 5.16. The van der Waals surface area contributed by atoms with E-state index in [2.05, 4.69) is 6.26 Å². The third-order valence-electron chi connectivity index (χ3n) is 0.947. The average Bonchev–Trinajstić information content (AvgIpc) is 1.81. The van der Waals surface area contributed by atoms with Gasteiger partial charge in [0.25, 0.3) is 0 Å². The van der Waals surface area contributed by atoms with Crippen LogP contribution in [0.1, 0.15) is 6.42 Å². The van der Waals surface area contributed by atoms with Gasteiger partial charge in [0, 0.05) is 0 Å². The highest BCUT2D eigenvalue weighted by atomic mass is 32.2. The van der Waals surface area contributed by atoms with Gasteiger partial charge in [-0.05, 0) is 24.5 Å². The van der Waals surface area contributed by atoms with E-state index in [0.717, 1.165) is 10.5 Å². The van der Waals surface area contributed by atoms with Crippen LogP contribution in [0.3, 0.4) is 0 Å². The zero-order chi connectivity index (χ0) is 6.24. The highest BCUT2D eigenvalue weighted by Gasteiger charge is 1.84. The normalized spacial score (nSPS) is 11.6. The van der Waals surface area contributed by atoms with Gasteiger partial charge in [-0.15, -0.1) is 0 Å². The first-order chi connectivity index (χ1) is 3.91. The fraction of sp³-hybridized carbons (Fsp3) is 1.00. The Morgan fingerprint density at radius 1 is 1.75 bits per heavy atom. The van der Waals surface area contributed by atoms with Crippen molar-refractivity contribution < 1.29 is 4.12 Å². The molecule has 1 nitrogen and oxygen atoms in total. The van der Waals surface area contributed by atoms with Crippen molar-refractivity contribution in [2.45, 2.75) is 12.5 Å². The Bertz CT molecular complexity index is 39.0. The molecule has 0 bridgehead atoms. The first kappa shape index (κ1) is 8.74. The summed E-state index contributed by atoms with van der Waals surface area (Å²) in [6.07, 6.45) is 3.53. The van der Waals surface area contributed by atoms with E-state index in [1.807, 2.05) is 11.8 Å². The van der Waals surface area contributed by atoms with Crippen LogP contribution in [-0.2, 0) is 4.12 Å². The Kier molecular flexibility index (Phi) is 8.46. The molecule has 0 unspecified atom stereocenters. The van der Waals surface area contributed by atoms with Crippen molar-refractivity contribution in [2.75, 3.05) is 12.0 Å². The molecular weight excluding hydrogens is 152 g/mol. The molecular formula is C4H14OSSi2. The second kappa shape index (κ2) is 7.74. The lowest BCUT2D eigenvalue weighted by atomic mass is 10.6. The van der Waals surface area contributed by atoms with Gasteiger partial charge in [-0.2, -0.15) is 11.8 Å². The molecule has 0 saturated carbocycles. The smallest absolute Gasteiger partial charge is 0.145 e. The molecule has 0 amide bonds. The maximum absolute atomic E-state index is 5.16. The van der Waals surface area contributed by atoms with Crippen LogP contribution < -0.4 is 0 Å². The van der Waals surface area contributed by atoms with Crippen LogP contribution in [0, 0.1) is 0 Å². The molecule has 0 aromatic carbocycles. The summed E-state index contributed by atoms with van der Waals surface area (Å²) in [5.74, 6) is 1.32. The van der Waals surface area contributed by atoms with Gasteiger partial charge >= 0.3 is 0 Å². The van der Waals surface area contributed by atoms with Gasteiger partial charge in [-0.25, -0.2) is 0 Å². The van der Waals surface area contributed by atoms with E-state index in [-0.39, 0.29) is 9.76 Å². The Labute approximate surface area is 61.1 Å². The van der Waals surface area contributed by atoms with Gasteiger partial charge in [0.05, 0.1) is 0 Å². The van der Waals surface area contributed by atoms with Crippen molar-refractivity contribution in [1.82, 2.24) is 0 Å². The van der Waals surface area contributed by atoms with Gasteiger partial charge in [-0.3, -0.25) is 0 Å². The zero-order valence-corrected chi connectivity index (χ0v) is 9.88. The Morgan fingerprint density at radius 2 is 2.50 bits per heavy atom. The monoisotopic (exact) mass is 166 g/mol. The van der Waals surface area contributed by atoms with Crippen molar-refractivity contribution in [1.29, 1.82) is 0 Å². The van der Waals surface area contributed by atoms with E-state index in [1.165, 1.54) is 18.2 Å². The van der Waals surface area contributed by atoms with Gasteiger partial charge < -0.3 is 4.12 Å². The van der Waals surface area contributed by atoms with Crippen LogP contribution in [-0.4, -0.2) is 32.3 Å². The van der Waals surface area contributed by atoms with E-state index in [9.17, 15) is 0 Å². The Balaban J connectivity index is 2.53. The van der Waals surface area contributed by atoms with Crippen molar-refractivity contribution in [2.24, 2.45) is 0 Å². The summed E-state index contributed by atoms with van der Waals surface area (Å²) in [5.41, 5.74) is 0. The Morgan fingerprint density at radius 3 is 3.00 bits per heavy atom. The van der Waals surface area contributed by atoms with Crippen molar-refractivity contribution in [3.63, 3.8) is 0 Å². The number of hydrogen-bond donors (Lipinski definition) is 0. The number of rotatable bonds is 5. The third-order valence-corrected chi connectivity index (χ3v) is 4.07. The lowest BCUT2D eigenvalue weighted by Gasteiger charge is -1.94. The molecule has 0 radical (unpaired) electrons. The molecule has 0 spiro atoms. The lowest BCUT2D eigenvalue weighted by molar-refractivity contribution is 0.657. The number of thioether (sulfide) groups is 1. The Hall–Kier alpha value is 0.744. The molecule has 0 rings (SSSR count). The molecule has 0 aliphatic rings. The summed E-state index contributed by atoms with van der Waals surface area (Å²) >= 11 is 1.93. The van der Waals surface area contributed by atoms with Crippen molar-refractivity contribution in [3.8, 4) is 0 Å². The fourth-order valence-electron chi connectivity index (χ4n) is 0.493. The van der Waals surface area contributed by atoms with E-state index in [4.69, 9.17) is 4.12 Å². The second-order valence-corrected chi connectivity index (χ2v) is 6.10. The van der Waals surface area contributed by atoms with Crippen molar-refractivity contribution in [3.05, 3.63) is 0 Å². The lowest BCUT2D eigenvalue weighted by Crippen LogP contribution is -1.93. The van der Waals surface area contributed by atoms with Crippen LogP contribution in [0.15, 0.2) is 0 Å². The maximum Gasteiger partial charge on any atom is 0.145 e. The van der Waals surface area contributed by atoms with E-state index >= 15 is 0 Å². The molecule has 8 heavy (non-hydrogen) atoms. The first-order valence-corrected chi connectivity index (χ1v) is 6.68. The van der Waals surface area contributed by atoms with Crippen LogP contribution in [0.4, 0.5) is 0 Å². The van der Waals surface area contributed by atoms with Crippen LogP contribution in [0.2, 0.25) is 6.04 Å². The minimum absolute atomic E-state index is 0.0502. The molecule has 4 heteroatoms. The molecule has 50 valence electrons. The summed E-state index contributed by atoms with van der Waals surface area (Å²) in [6, 6.07) is 1.38.